The largest absolute Gasteiger partial charge is 0.489 e. The average Bonchev–Trinajstić information content (AvgIpc) is 2.96. The van der Waals surface area contributed by atoms with Crippen molar-refractivity contribution >= 4 is 0 Å². The minimum absolute atomic E-state index is 0.231. The summed E-state index contributed by atoms with van der Waals surface area (Å²) in [6, 6.07) is 12.5. The number of hydrogen-bond acceptors (Lipinski definition) is 3. The first kappa shape index (κ1) is 14.5. The second kappa shape index (κ2) is 6.20. The van der Waals surface area contributed by atoms with Gasteiger partial charge in [-0.2, -0.15) is 0 Å². The lowest BCUT2D eigenvalue weighted by Crippen LogP contribution is -2.11. The summed E-state index contributed by atoms with van der Waals surface area (Å²) in [7, 11) is 0. The first-order valence-corrected chi connectivity index (χ1v) is 8.15. The molecule has 0 bridgehead atoms. The summed E-state index contributed by atoms with van der Waals surface area (Å²) < 4.78 is 25.0. The predicted octanol–water partition coefficient (Wildman–Crippen LogP) is 3.49. The summed E-state index contributed by atoms with van der Waals surface area (Å²) in [5.74, 6) is 2.57. The van der Waals surface area contributed by atoms with Crippen molar-refractivity contribution in [1.82, 2.24) is 5.32 Å². The summed E-state index contributed by atoms with van der Waals surface area (Å²) in [4.78, 5) is 0. The van der Waals surface area contributed by atoms with E-state index in [2.05, 4.69) is 11.4 Å². The van der Waals surface area contributed by atoms with E-state index in [0.29, 0.717) is 18.4 Å². The van der Waals surface area contributed by atoms with Crippen LogP contribution in [0.4, 0.5) is 4.39 Å². The summed E-state index contributed by atoms with van der Waals surface area (Å²) in [5, 5.41) is 3.48. The molecule has 4 heteroatoms. The maximum atomic E-state index is 13.0. The molecule has 1 fully saturated rings. The third-order valence-corrected chi connectivity index (χ3v) is 4.79. The highest BCUT2D eigenvalue weighted by Gasteiger charge is 2.33. The van der Waals surface area contributed by atoms with Gasteiger partial charge in [-0.25, -0.2) is 4.39 Å². The van der Waals surface area contributed by atoms with Crippen LogP contribution in [-0.4, -0.2) is 19.7 Å². The Morgan fingerprint density at radius 1 is 1.13 bits per heavy atom. The maximum absolute atomic E-state index is 13.0. The van der Waals surface area contributed by atoms with E-state index in [1.54, 1.807) is 12.1 Å². The van der Waals surface area contributed by atoms with Crippen molar-refractivity contribution in [2.75, 3.05) is 19.7 Å². The van der Waals surface area contributed by atoms with E-state index in [1.807, 2.05) is 12.1 Å². The molecular formula is C19H20FNO2. The van der Waals surface area contributed by atoms with Gasteiger partial charge < -0.3 is 14.8 Å². The standard InChI is InChI=1S/C19H20FNO2/c20-15-6-4-13(5-7-15)12-23-18-3-1-2-16-17-11-21-10-14(17)8-9-22-19(16)18/h1-7,14,17,21H,8-12H2/t14?,17-/m0/s1. The van der Waals surface area contributed by atoms with Crippen LogP contribution in [-0.2, 0) is 6.61 Å². The number of fused-ring (bicyclic) bond motifs is 3. The van der Waals surface area contributed by atoms with Crippen molar-refractivity contribution in [2.24, 2.45) is 5.92 Å². The van der Waals surface area contributed by atoms with Crippen LogP contribution in [0.3, 0.4) is 0 Å². The van der Waals surface area contributed by atoms with Gasteiger partial charge in [0.15, 0.2) is 11.5 Å². The Kier molecular flexibility index (Phi) is 3.92. The van der Waals surface area contributed by atoms with E-state index in [0.717, 1.165) is 43.2 Å². The van der Waals surface area contributed by atoms with Gasteiger partial charge in [-0.1, -0.05) is 24.3 Å². The van der Waals surface area contributed by atoms with Gasteiger partial charge in [0.05, 0.1) is 6.61 Å². The fraction of sp³-hybridized carbons (Fsp3) is 0.368. The van der Waals surface area contributed by atoms with E-state index in [-0.39, 0.29) is 5.82 Å². The van der Waals surface area contributed by atoms with Gasteiger partial charge in [0, 0.05) is 18.0 Å². The Hall–Kier alpha value is -2.07. The molecule has 1 N–H and O–H groups in total. The number of ether oxygens (including phenoxy) is 2. The minimum atomic E-state index is -0.231. The highest BCUT2D eigenvalue weighted by atomic mass is 19.1. The van der Waals surface area contributed by atoms with Gasteiger partial charge in [0.1, 0.15) is 12.4 Å². The normalized spacial score (nSPS) is 22.7. The van der Waals surface area contributed by atoms with Gasteiger partial charge in [-0.05, 0) is 42.6 Å². The Morgan fingerprint density at radius 2 is 2.00 bits per heavy atom. The lowest BCUT2D eigenvalue weighted by Gasteiger charge is -2.18. The van der Waals surface area contributed by atoms with Crippen molar-refractivity contribution in [3.63, 3.8) is 0 Å². The molecule has 1 unspecified atom stereocenters. The molecule has 0 aromatic heterocycles. The van der Waals surface area contributed by atoms with Crippen LogP contribution < -0.4 is 14.8 Å². The van der Waals surface area contributed by atoms with Gasteiger partial charge in [-0.3, -0.25) is 0 Å². The lowest BCUT2D eigenvalue weighted by molar-refractivity contribution is 0.256. The molecule has 4 rings (SSSR count). The Balaban J connectivity index is 1.57. The van der Waals surface area contributed by atoms with Gasteiger partial charge in [0.2, 0.25) is 0 Å². The van der Waals surface area contributed by atoms with Gasteiger partial charge in [0.25, 0.3) is 0 Å². The van der Waals surface area contributed by atoms with Crippen molar-refractivity contribution in [1.29, 1.82) is 0 Å². The van der Waals surface area contributed by atoms with E-state index in [9.17, 15) is 4.39 Å². The second-order valence-electron chi connectivity index (χ2n) is 6.25. The van der Waals surface area contributed by atoms with Crippen LogP contribution in [0.5, 0.6) is 11.5 Å². The highest BCUT2D eigenvalue weighted by Crippen LogP contribution is 2.43. The SMILES string of the molecule is Fc1ccc(COc2cccc3c2OCCC2CNC[C@H]32)cc1. The molecule has 0 spiro atoms. The molecule has 3 nitrogen and oxygen atoms in total. The zero-order valence-corrected chi connectivity index (χ0v) is 12.9. The van der Waals surface area contributed by atoms with Crippen LogP contribution in [0.1, 0.15) is 23.5 Å². The fourth-order valence-corrected chi connectivity index (χ4v) is 3.55. The first-order valence-electron chi connectivity index (χ1n) is 8.15. The van der Waals surface area contributed by atoms with Crippen LogP contribution >= 0.6 is 0 Å². The molecule has 2 aromatic carbocycles. The average molecular weight is 313 g/mol. The molecule has 0 radical (unpaired) electrons. The number of para-hydroxylation sites is 1. The number of halogens is 1. The molecule has 2 aliphatic heterocycles. The van der Waals surface area contributed by atoms with Gasteiger partial charge >= 0.3 is 0 Å². The topological polar surface area (TPSA) is 30.5 Å². The van der Waals surface area contributed by atoms with Crippen molar-refractivity contribution in [2.45, 2.75) is 18.9 Å². The van der Waals surface area contributed by atoms with Crippen LogP contribution in [0.15, 0.2) is 42.5 Å². The summed E-state index contributed by atoms with van der Waals surface area (Å²) >= 11 is 0. The van der Waals surface area contributed by atoms with Crippen LogP contribution in [0.2, 0.25) is 0 Å². The zero-order chi connectivity index (χ0) is 15.6. The molecular weight excluding hydrogens is 293 g/mol. The van der Waals surface area contributed by atoms with Crippen LogP contribution in [0.25, 0.3) is 0 Å². The Morgan fingerprint density at radius 3 is 2.87 bits per heavy atom. The van der Waals surface area contributed by atoms with Crippen molar-refractivity contribution in [3.8, 4) is 11.5 Å². The zero-order valence-electron chi connectivity index (χ0n) is 12.9. The molecule has 2 atom stereocenters. The quantitative estimate of drug-likeness (QED) is 0.941. The number of hydrogen-bond donors (Lipinski definition) is 1. The number of benzene rings is 2. The Bertz CT molecular complexity index is 686. The van der Waals surface area contributed by atoms with Crippen molar-refractivity contribution in [3.05, 3.63) is 59.4 Å². The van der Waals surface area contributed by atoms with Crippen molar-refractivity contribution < 1.29 is 13.9 Å². The number of nitrogens with one attached hydrogen (secondary N) is 1. The molecule has 0 aliphatic carbocycles. The molecule has 0 amide bonds. The molecule has 0 saturated carbocycles. The molecule has 2 heterocycles. The lowest BCUT2D eigenvalue weighted by atomic mass is 9.87. The number of rotatable bonds is 3. The molecule has 2 aliphatic rings. The fourth-order valence-electron chi connectivity index (χ4n) is 3.55. The molecule has 1 saturated heterocycles. The van der Waals surface area contributed by atoms with E-state index in [4.69, 9.17) is 9.47 Å². The van der Waals surface area contributed by atoms with E-state index < -0.39 is 0 Å². The monoisotopic (exact) mass is 313 g/mol. The summed E-state index contributed by atoms with van der Waals surface area (Å²) in [6.07, 6.45) is 1.07. The third-order valence-electron chi connectivity index (χ3n) is 4.79. The maximum Gasteiger partial charge on any atom is 0.164 e. The molecule has 120 valence electrons. The first-order chi connectivity index (χ1) is 11.3. The summed E-state index contributed by atoms with van der Waals surface area (Å²) in [6.45, 7) is 3.20. The van der Waals surface area contributed by atoms with E-state index >= 15 is 0 Å². The highest BCUT2D eigenvalue weighted by molar-refractivity contribution is 5.49. The van der Waals surface area contributed by atoms with E-state index in [1.165, 1.54) is 17.7 Å². The molecule has 23 heavy (non-hydrogen) atoms. The predicted molar refractivity (Wildman–Crippen MR) is 86.4 cm³/mol. The minimum Gasteiger partial charge on any atom is -0.489 e. The van der Waals surface area contributed by atoms with Gasteiger partial charge in [-0.15, -0.1) is 0 Å². The smallest absolute Gasteiger partial charge is 0.164 e. The Labute approximate surface area is 135 Å². The third kappa shape index (κ3) is 2.91. The summed E-state index contributed by atoms with van der Waals surface area (Å²) in [5.41, 5.74) is 2.19. The molecule has 2 aromatic rings. The van der Waals surface area contributed by atoms with Crippen LogP contribution in [0, 0.1) is 11.7 Å². The second-order valence-corrected chi connectivity index (χ2v) is 6.25.